The van der Waals surface area contributed by atoms with Gasteiger partial charge in [-0.15, -0.1) is 0 Å². The van der Waals surface area contributed by atoms with Crippen molar-refractivity contribution >= 4 is 27.5 Å². The number of hydrogen-bond acceptors (Lipinski definition) is 6. The number of fused-ring (bicyclic) bond motifs is 1. The maximum absolute atomic E-state index is 13.0. The quantitative estimate of drug-likeness (QED) is 0.678. The van der Waals surface area contributed by atoms with Gasteiger partial charge in [0.25, 0.3) is 15.8 Å². The van der Waals surface area contributed by atoms with Gasteiger partial charge >= 0.3 is 0 Å². The van der Waals surface area contributed by atoms with Crippen molar-refractivity contribution < 1.29 is 13.2 Å². The molecule has 11 heteroatoms. The van der Waals surface area contributed by atoms with Crippen molar-refractivity contribution in [2.45, 2.75) is 32.6 Å². The maximum Gasteiger partial charge on any atom is 0.282 e. The summed E-state index contributed by atoms with van der Waals surface area (Å²) in [5.74, 6) is 0. The van der Waals surface area contributed by atoms with E-state index in [2.05, 4.69) is 9.88 Å². The van der Waals surface area contributed by atoms with E-state index < -0.39 is 10.2 Å². The van der Waals surface area contributed by atoms with Gasteiger partial charge in [0.15, 0.2) is 0 Å². The van der Waals surface area contributed by atoms with Crippen LogP contribution in [0.5, 0.6) is 0 Å². The summed E-state index contributed by atoms with van der Waals surface area (Å²) in [6, 6.07) is 4.91. The summed E-state index contributed by atoms with van der Waals surface area (Å²) in [6.45, 7) is 7.01. The number of nitrogens with zero attached hydrogens (tertiary/aromatic N) is 5. The largest absolute Gasteiger partial charge is 0.373 e. The van der Waals surface area contributed by atoms with Gasteiger partial charge < -0.3 is 4.74 Å². The SMILES string of the molecule is CC1CN(S(=O)(=O)N2CCN(Cc3cc(=O)n4cc(Cl)ccc4n3)CC2)CC(C)O1. The molecule has 9 nitrogen and oxygen atoms in total. The Morgan fingerprint density at radius 2 is 1.77 bits per heavy atom. The Morgan fingerprint density at radius 3 is 2.43 bits per heavy atom. The normalized spacial score (nSPS) is 25.0. The van der Waals surface area contributed by atoms with E-state index in [1.165, 1.54) is 14.8 Å². The van der Waals surface area contributed by atoms with Crippen molar-refractivity contribution in [2.75, 3.05) is 39.3 Å². The van der Waals surface area contributed by atoms with Crippen LogP contribution in [0.25, 0.3) is 5.65 Å². The van der Waals surface area contributed by atoms with Crippen LogP contribution in [-0.2, 0) is 21.5 Å². The van der Waals surface area contributed by atoms with Crippen molar-refractivity contribution in [1.82, 2.24) is 22.9 Å². The molecule has 0 aliphatic carbocycles. The summed E-state index contributed by atoms with van der Waals surface area (Å²) in [6.07, 6.45) is 1.32. The van der Waals surface area contributed by atoms with Crippen molar-refractivity contribution in [1.29, 1.82) is 0 Å². The molecular formula is C19H26ClN5O4S. The first-order valence-electron chi connectivity index (χ1n) is 10.0. The highest BCUT2D eigenvalue weighted by atomic mass is 35.5. The Kier molecular flexibility index (Phi) is 6.16. The summed E-state index contributed by atoms with van der Waals surface area (Å²) in [7, 11) is -3.51. The third-order valence-electron chi connectivity index (χ3n) is 5.43. The summed E-state index contributed by atoms with van der Waals surface area (Å²) in [5, 5.41) is 0.473. The standard InChI is InChI=1S/C19H26ClN5O4S/c1-14-10-24(11-15(2)29-14)30(27,28)23-7-5-22(6-8-23)13-17-9-19(26)25-12-16(20)3-4-18(25)21-17/h3-4,9,12,14-15H,5-8,10-11,13H2,1-2H3. The van der Waals surface area contributed by atoms with Gasteiger partial charge in [-0.3, -0.25) is 14.1 Å². The third kappa shape index (κ3) is 4.53. The minimum atomic E-state index is -3.51. The number of rotatable bonds is 4. The fourth-order valence-electron chi connectivity index (χ4n) is 4.04. The molecule has 2 fully saturated rings. The summed E-state index contributed by atoms with van der Waals surface area (Å²) in [4.78, 5) is 19.0. The van der Waals surface area contributed by atoms with Crippen LogP contribution >= 0.6 is 11.6 Å². The Labute approximate surface area is 181 Å². The summed E-state index contributed by atoms with van der Waals surface area (Å²) >= 11 is 5.95. The van der Waals surface area contributed by atoms with E-state index in [1.54, 1.807) is 22.6 Å². The highest BCUT2D eigenvalue weighted by Crippen LogP contribution is 2.19. The zero-order valence-electron chi connectivity index (χ0n) is 17.1. The van der Waals surface area contributed by atoms with Crippen molar-refractivity contribution in [3.8, 4) is 0 Å². The molecule has 4 heterocycles. The molecule has 2 unspecified atom stereocenters. The van der Waals surface area contributed by atoms with Crippen molar-refractivity contribution in [2.24, 2.45) is 0 Å². The van der Waals surface area contributed by atoms with Crippen molar-refractivity contribution in [3.05, 3.63) is 45.5 Å². The lowest BCUT2D eigenvalue weighted by Crippen LogP contribution is -2.57. The Morgan fingerprint density at radius 1 is 1.10 bits per heavy atom. The number of piperazine rings is 1. The molecule has 2 aliphatic rings. The molecular weight excluding hydrogens is 430 g/mol. The van der Waals surface area contributed by atoms with E-state index >= 15 is 0 Å². The second-order valence-electron chi connectivity index (χ2n) is 7.92. The fourth-order valence-corrected chi connectivity index (χ4v) is 5.95. The van der Waals surface area contributed by atoms with Gasteiger partial charge in [-0.1, -0.05) is 11.6 Å². The van der Waals surface area contributed by atoms with E-state index in [1.807, 2.05) is 13.8 Å². The van der Waals surface area contributed by atoms with Crippen LogP contribution in [0.4, 0.5) is 0 Å². The molecule has 2 aromatic rings. The van der Waals surface area contributed by atoms with Gasteiger partial charge in [0, 0.05) is 58.1 Å². The minimum absolute atomic E-state index is 0.113. The van der Waals surface area contributed by atoms with Crippen LogP contribution in [0.1, 0.15) is 19.5 Å². The molecule has 164 valence electrons. The zero-order valence-corrected chi connectivity index (χ0v) is 18.6. The molecule has 0 N–H and O–H groups in total. The number of morpholine rings is 1. The molecule has 0 bridgehead atoms. The van der Waals surface area contributed by atoms with Gasteiger partial charge in [-0.25, -0.2) is 4.98 Å². The second kappa shape index (κ2) is 8.52. The van der Waals surface area contributed by atoms with E-state index in [9.17, 15) is 13.2 Å². The highest BCUT2D eigenvalue weighted by molar-refractivity contribution is 7.86. The van der Waals surface area contributed by atoms with Gasteiger partial charge in [-0.2, -0.15) is 17.0 Å². The number of aromatic nitrogens is 2. The van der Waals surface area contributed by atoms with Gasteiger partial charge in [0.2, 0.25) is 0 Å². The molecule has 0 spiro atoms. The highest BCUT2D eigenvalue weighted by Gasteiger charge is 2.36. The molecule has 0 amide bonds. The number of hydrogen-bond donors (Lipinski definition) is 0. The van der Waals surface area contributed by atoms with E-state index in [0.717, 1.165) is 0 Å². The van der Waals surface area contributed by atoms with E-state index in [0.29, 0.717) is 62.2 Å². The fraction of sp³-hybridized carbons (Fsp3) is 0.579. The Balaban J connectivity index is 1.41. The molecule has 0 radical (unpaired) electrons. The van der Waals surface area contributed by atoms with Gasteiger partial charge in [0.1, 0.15) is 5.65 Å². The number of halogens is 1. The first-order valence-corrected chi connectivity index (χ1v) is 11.8. The molecule has 2 aromatic heterocycles. The van der Waals surface area contributed by atoms with Crippen LogP contribution in [0, 0.1) is 0 Å². The minimum Gasteiger partial charge on any atom is -0.373 e. The predicted molar refractivity (Wildman–Crippen MR) is 114 cm³/mol. The molecule has 30 heavy (non-hydrogen) atoms. The average Bonchev–Trinajstić information content (AvgIpc) is 2.68. The van der Waals surface area contributed by atoms with Crippen LogP contribution in [-0.4, -0.2) is 82.8 Å². The Hall–Kier alpha value is -1.56. The second-order valence-corrected chi connectivity index (χ2v) is 10.3. The monoisotopic (exact) mass is 455 g/mol. The lowest BCUT2D eigenvalue weighted by Gasteiger charge is -2.40. The molecule has 2 aliphatic heterocycles. The average molecular weight is 456 g/mol. The van der Waals surface area contributed by atoms with Crippen LogP contribution < -0.4 is 5.56 Å². The first-order chi connectivity index (χ1) is 14.2. The molecule has 2 saturated heterocycles. The topological polar surface area (TPSA) is 87.5 Å². The van der Waals surface area contributed by atoms with E-state index in [4.69, 9.17) is 16.3 Å². The lowest BCUT2D eigenvalue weighted by molar-refractivity contribution is -0.0457. The smallest absolute Gasteiger partial charge is 0.282 e. The maximum atomic E-state index is 13.0. The van der Waals surface area contributed by atoms with Crippen LogP contribution in [0.2, 0.25) is 5.02 Å². The third-order valence-corrected chi connectivity index (χ3v) is 7.62. The van der Waals surface area contributed by atoms with Crippen LogP contribution in [0.15, 0.2) is 29.2 Å². The zero-order chi connectivity index (χ0) is 21.5. The molecule has 0 aromatic carbocycles. The Bertz CT molecular complexity index is 1070. The molecule has 4 rings (SSSR count). The number of pyridine rings is 1. The molecule has 0 saturated carbocycles. The van der Waals surface area contributed by atoms with E-state index in [-0.39, 0.29) is 17.8 Å². The summed E-state index contributed by atoms with van der Waals surface area (Å²) in [5.41, 5.74) is 1.02. The molecule has 2 atom stereocenters. The first kappa shape index (κ1) is 21.7. The number of ether oxygens (including phenoxy) is 1. The van der Waals surface area contributed by atoms with Crippen LogP contribution in [0.3, 0.4) is 0 Å². The summed E-state index contributed by atoms with van der Waals surface area (Å²) < 4.78 is 36.2. The lowest BCUT2D eigenvalue weighted by atomic mass is 10.3. The van der Waals surface area contributed by atoms with Gasteiger partial charge in [0.05, 0.1) is 22.9 Å². The van der Waals surface area contributed by atoms with Gasteiger partial charge in [-0.05, 0) is 26.0 Å². The van der Waals surface area contributed by atoms with Crippen molar-refractivity contribution in [3.63, 3.8) is 0 Å². The predicted octanol–water partition coefficient (Wildman–Crippen LogP) is 0.820.